The van der Waals surface area contributed by atoms with Gasteiger partial charge in [-0.25, -0.2) is 9.97 Å². The monoisotopic (exact) mass is 273 g/mol. The summed E-state index contributed by atoms with van der Waals surface area (Å²) in [7, 11) is 1.58. The van der Waals surface area contributed by atoms with Crippen molar-refractivity contribution in [1.29, 1.82) is 0 Å². The zero-order valence-electron chi connectivity index (χ0n) is 12.2. The van der Waals surface area contributed by atoms with Crippen molar-refractivity contribution in [3.63, 3.8) is 0 Å². The molecular formula is C15H19N3O2. The van der Waals surface area contributed by atoms with Crippen LogP contribution < -0.4 is 10.3 Å². The van der Waals surface area contributed by atoms with E-state index in [1.807, 2.05) is 26.8 Å². The van der Waals surface area contributed by atoms with E-state index in [2.05, 4.69) is 15.0 Å². The molecule has 5 heteroatoms. The van der Waals surface area contributed by atoms with Crippen LogP contribution in [0, 0.1) is 6.92 Å². The first-order chi connectivity index (χ1) is 9.51. The number of nitrogens with zero attached hydrogens (tertiary/aromatic N) is 2. The molecule has 0 aliphatic carbocycles. The topological polar surface area (TPSA) is 67.9 Å². The number of hydrogen-bond donors (Lipinski definition) is 1. The molecule has 106 valence electrons. The van der Waals surface area contributed by atoms with Gasteiger partial charge in [0.2, 0.25) is 5.88 Å². The van der Waals surface area contributed by atoms with E-state index in [1.165, 1.54) is 0 Å². The van der Waals surface area contributed by atoms with Crippen LogP contribution in [0.3, 0.4) is 0 Å². The fourth-order valence-electron chi connectivity index (χ4n) is 2.25. The van der Waals surface area contributed by atoms with E-state index in [1.54, 1.807) is 19.4 Å². The Morgan fingerprint density at radius 1 is 1.35 bits per heavy atom. The third-order valence-electron chi connectivity index (χ3n) is 3.15. The first-order valence-electron chi connectivity index (χ1n) is 6.60. The van der Waals surface area contributed by atoms with Gasteiger partial charge in [0.05, 0.1) is 7.11 Å². The SMILES string of the molecule is COc1ccc(Cc2nc(C)c(C(C)C)c(=O)[nH]2)cn1. The van der Waals surface area contributed by atoms with E-state index in [0.29, 0.717) is 18.1 Å². The van der Waals surface area contributed by atoms with Crippen LogP contribution in [0.1, 0.15) is 42.4 Å². The molecule has 0 amide bonds. The lowest BCUT2D eigenvalue weighted by atomic mass is 10.0. The number of H-pyrrole nitrogens is 1. The minimum Gasteiger partial charge on any atom is -0.481 e. The van der Waals surface area contributed by atoms with E-state index < -0.39 is 0 Å². The molecule has 0 bridgehead atoms. The molecule has 5 nitrogen and oxygen atoms in total. The highest BCUT2D eigenvalue weighted by Crippen LogP contribution is 2.14. The molecule has 0 unspecified atom stereocenters. The van der Waals surface area contributed by atoms with Gasteiger partial charge in [0.1, 0.15) is 5.82 Å². The summed E-state index contributed by atoms with van der Waals surface area (Å²) in [5.41, 5.74) is 2.47. The van der Waals surface area contributed by atoms with Crippen LogP contribution in [0.4, 0.5) is 0 Å². The highest BCUT2D eigenvalue weighted by Gasteiger charge is 2.11. The second-order valence-corrected chi connectivity index (χ2v) is 5.05. The Kier molecular flexibility index (Phi) is 4.17. The van der Waals surface area contributed by atoms with Gasteiger partial charge >= 0.3 is 0 Å². The number of aryl methyl sites for hydroxylation is 1. The maximum atomic E-state index is 12.1. The molecule has 0 aliphatic rings. The lowest BCUT2D eigenvalue weighted by Crippen LogP contribution is -2.20. The first-order valence-corrected chi connectivity index (χ1v) is 6.60. The molecule has 2 rings (SSSR count). The van der Waals surface area contributed by atoms with Crippen LogP contribution in [0.2, 0.25) is 0 Å². The van der Waals surface area contributed by atoms with Crippen LogP contribution in [0.5, 0.6) is 5.88 Å². The zero-order valence-corrected chi connectivity index (χ0v) is 12.2. The number of aromatic amines is 1. The van der Waals surface area contributed by atoms with Gasteiger partial charge in [-0.1, -0.05) is 19.9 Å². The molecule has 2 heterocycles. The van der Waals surface area contributed by atoms with Crippen molar-refractivity contribution in [2.75, 3.05) is 7.11 Å². The summed E-state index contributed by atoms with van der Waals surface area (Å²) in [5, 5.41) is 0. The summed E-state index contributed by atoms with van der Waals surface area (Å²) in [6, 6.07) is 3.71. The van der Waals surface area contributed by atoms with E-state index in [0.717, 1.165) is 16.8 Å². The molecule has 2 aromatic rings. The quantitative estimate of drug-likeness (QED) is 0.927. The lowest BCUT2D eigenvalue weighted by Gasteiger charge is -2.09. The molecular weight excluding hydrogens is 254 g/mol. The summed E-state index contributed by atoms with van der Waals surface area (Å²) >= 11 is 0. The van der Waals surface area contributed by atoms with Crippen molar-refractivity contribution in [3.05, 3.63) is 51.3 Å². The molecule has 0 aliphatic heterocycles. The first kappa shape index (κ1) is 14.2. The van der Waals surface area contributed by atoms with Crippen LogP contribution in [-0.2, 0) is 6.42 Å². The summed E-state index contributed by atoms with van der Waals surface area (Å²) in [5.74, 6) is 1.40. The molecule has 0 saturated heterocycles. The summed E-state index contributed by atoms with van der Waals surface area (Å²) < 4.78 is 5.02. The smallest absolute Gasteiger partial charge is 0.254 e. The van der Waals surface area contributed by atoms with Crippen molar-refractivity contribution in [1.82, 2.24) is 15.0 Å². The minimum atomic E-state index is -0.0519. The third-order valence-corrected chi connectivity index (χ3v) is 3.15. The van der Waals surface area contributed by atoms with Crippen molar-refractivity contribution < 1.29 is 4.74 Å². The summed E-state index contributed by atoms with van der Waals surface area (Å²) in [6.45, 7) is 5.86. The molecule has 0 fully saturated rings. The van der Waals surface area contributed by atoms with E-state index in [-0.39, 0.29) is 11.5 Å². The minimum absolute atomic E-state index is 0.0519. The van der Waals surface area contributed by atoms with E-state index in [4.69, 9.17) is 4.74 Å². The molecule has 0 saturated carbocycles. The normalized spacial score (nSPS) is 10.8. The van der Waals surface area contributed by atoms with Gasteiger partial charge < -0.3 is 9.72 Å². The molecule has 0 radical (unpaired) electrons. The Bertz CT molecular complexity index is 645. The standard InChI is InChI=1S/C15H19N3O2/c1-9(2)14-10(3)17-12(18-15(14)19)7-11-5-6-13(20-4)16-8-11/h5-6,8-9H,7H2,1-4H3,(H,17,18,19). The van der Waals surface area contributed by atoms with Crippen LogP contribution in [0.15, 0.2) is 23.1 Å². The van der Waals surface area contributed by atoms with Gasteiger partial charge in [-0.3, -0.25) is 4.79 Å². The van der Waals surface area contributed by atoms with Gasteiger partial charge in [-0.05, 0) is 18.4 Å². The number of pyridine rings is 1. The number of ether oxygens (including phenoxy) is 1. The predicted octanol–water partition coefficient (Wildman–Crippen LogP) is 2.20. The maximum Gasteiger partial charge on any atom is 0.254 e. The fraction of sp³-hybridized carbons (Fsp3) is 0.400. The van der Waals surface area contributed by atoms with E-state index in [9.17, 15) is 4.79 Å². The molecule has 0 spiro atoms. The average Bonchev–Trinajstić information content (AvgIpc) is 2.38. The highest BCUT2D eigenvalue weighted by atomic mass is 16.5. The van der Waals surface area contributed by atoms with Gasteiger partial charge in [-0.2, -0.15) is 0 Å². The van der Waals surface area contributed by atoms with E-state index >= 15 is 0 Å². The second-order valence-electron chi connectivity index (χ2n) is 5.05. The van der Waals surface area contributed by atoms with Crippen molar-refractivity contribution in [2.24, 2.45) is 0 Å². The maximum absolute atomic E-state index is 12.1. The number of nitrogens with one attached hydrogen (secondary N) is 1. The fourth-order valence-corrected chi connectivity index (χ4v) is 2.25. The van der Waals surface area contributed by atoms with Crippen LogP contribution in [0.25, 0.3) is 0 Å². The highest BCUT2D eigenvalue weighted by molar-refractivity contribution is 5.24. The zero-order chi connectivity index (χ0) is 14.7. The third kappa shape index (κ3) is 3.04. The Hall–Kier alpha value is -2.17. The Morgan fingerprint density at radius 3 is 2.60 bits per heavy atom. The van der Waals surface area contributed by atoms with Gasteiger partial charge in [0.25, 0.3) is 5.56 Å². The molecule has 1 N–H and O–H groups in total. The summed E-state index contributed by atoms with van der Waals surface area (Å²) in [6.07, 6.45) is 2.27. The van der Waals surface area contributed by atoms with Crippen molar-refractivity contribution in [3.8, 4) is 5.88 Å². The van der Waals surface area contributed by atoms with Crippen molar-refractivity contribution in [2.45, 2.75) is 33.1 Å². The number of methoxy groups -OCH3 is 1. The molecule has 20 heavy (non-hydrogen) atoms. The molecule has 0 aromatic carbocycles. The average molecular weight is 273 g/mol. The number of rotatable bonds is 4. The number of hydrogen-bond acceptors (Lipinski definition) is 4. The van der Waals surface area contributed by atoms with Gasteiger partial charge in [0.15, 0.2) is 0 Å². The Balaban J connectivity index is 2.27. The van der Waals surface area contributed by atoms with Gasteiger partial charge in [-0.15, -0.1) is 0 Å². The van der Waals surface area contributed by atoms with Gasteiger partial charge in [0, 0.05) is 29.9 Å². The van der Waals surface area contributed by atoms with Crippen molar-refractivity contribution >= 4 is 0 Å². The second kappa shape index (κ2) is 5.86. The largest absolute Gasteiger partial charge is 0.481 e. The Labute approximate surface area is 118 Å². The molecule has 0 atom stereocenters. The van der Waals surface area contributed by atoms with Crippen LogP contribution >= 0.6 is 0 Å². The Morgan fingerprint density at radius 2 is 2.10 bits per heavy atom. The summed E-state index contributed by atoms with van der Waals surface area (Å²) in [4.78, 5) is 23.5. The number of aromatic nitrogens is 3. The van der Waals surface area contributed by atoms with Crippen LogP contribution in [-0.4, -0.2) is 22.1 Å². The predicted molar refractivity (Wildman–Crippen MR) is 77.3 cm³/mol. The lowest BCUT2D eigenvalue weighted by molar-refractivity contribution is 0.397. The molecule has 2 aromatic heterocycles.